The molecule has 1 aromatic heterocycles. The fourth-order valence-corrected chi connectivity index (χ4v) is 1.66. The summed E-state index contributed by atoms with van der Waals surface area (Å²) < 4.78 is 1.75. The molecule has 0 atom stereocenters. The molecule has 0 saturated carbocycles. The van der Waals surface area contributed by atoms with E-state index in [1.54, 1.807) is 17.1 Å². The zero-order valence-corrected chi connectivity index (χ0v) is 11.1. The molecule has 5 heteroatoms. The third-order valence-electron chi connectivity index (χ3n) is 2.61. The molecule has 2 aromatic rings. The Bertz CT molecular complexity index is 554. The van der Waals surface area contributed by atoms with E-state index in [0.29, 0.717) is 12.2 Å². The van der Waals surface area contributed by atoms with Gasteiger partial charge in [-0.3, -0.25) is 9.36 Å². The molecule has 100 valence electrons. The van der Waals surface area contributed by atoms with Gasteiger partial charge in [0.05, 0.1) is 12.5 Å². The summed E-state index contributed by atoms with van der Waals surface area (Å²) in [5, 5.41) is 2.81. The highest BCUT2D eigenvalue weighted by Crippen LogP contribution is 2.10. The number of para-hydroxylation sites is 1. The average molecular weight is 258 g/mol. The number of hydrogen-bond acceptors (Lipinski definition) is 3. The number of carbonyl (C=O) groups is 1. The van der Waals surface area contributed by atoms with E-state index >= 15 is 0 Å². The van der Waals surface area contributed by atoms with E-state index in [1.165, 1.54) is 0 Å². The van der Waals surface area contributed by atoms with Crippen LogP contribution in [0, 0.1) is 0 Å². The predicted molar refractivity (Wildman–Crippen MR) is 74.2 cm³/mol. The quantitative estimate of drug-likeness (QED) is 0.869. The SMILES string of the molecule is CC(C)(N)CNC(=O)c1cncn1-c1ccccc1. The van der Waals surface area contributed by atoms with E-state index in [1.807, 2.05) is 44.2 Å². The van der Waals surface area contributed by atoms with Crippen LogP contribution in [0.5, 0.6) is 0 Å². The van der Waals surface area contributed by atoms with Crippen LogP contribution in [0.25, 0.3) is 5.69 Å². The van der Waals surface area contributed by atoms with Gasteiger partial charge in [0.25, 0.3) is 5.91 Å². The van der Waals surface area contributed by atoms with E-state index in [-0.39, 0.29) is 5.91 Å². The van der Waals surface area contributed by atoms with Crippen LogP contribution < -0.4 is 11.1 Å². The third kappa shape index (κ3) is 3.42. The minimum atomic E-state index is -0.437. The van der Waals surface area contributed by atoms with Gasteiger partial charge in [-0.1, -0.05) is 18.2 Å². The molecule has 0 aliphatic carbocycles. The van der Waals surface area contributed by atoms with Crippen LogP contribution >= 0.6 is 0 Å². The number of hydrogen-bond donors (Lipinski definition) is 2. The average Bonchev–Trinajstić information content (AvgIpc) is 2.85. The number of aromatic nitrogens is 2. The van der Waals surface area contributed by atoms with E-state index in [9.17, 15) is 4.79 Å². The zero-order valence-electron chi connectivity index (χ0n) is 11.1. The highest BCUT2D eigenvalue weighted by Gasteiger charge is 2.16. The monoisotopic (exact) mass is 258 g/mol. The van der Waals surface area contributed by atoms with Gasteiger partial charge in [-0.25, -0.2) is 4.98 Å². The van der Waals surface area contributed by atoms with Crippen LogP contribution in [0.15, 0.2) is 42.9 Å². The van der Waals surface area contributed by atoms with Gasteiger partial charge in [0.2, 0.25) is 0 Å². The first kappa shape index (κ1) is 13.3. The minimum absolute atomic E-state index is 0.181. The summed E-state index contributed by atoms with van der Waals surface area (Å²) in [6, 6.07) is 9.60. The lowest BCUT2D eigenvalue weighted by Gasteiger charge is -2.19. The molecule has 0 aliphatic rings. The lowest BCUT2D eigenvalue weighted by Crippen LogP contribution is -2.45. The Morgan fingerprint density at radius 3 is 2.68 bits per heavy atom. The minimum Gasteiger partial charge on any atom is -0.349 e. The van der Waals surface area contributed by atoms with Gasteiger partial charge in [0.1, 0.15) is 5.69 Å². The van der Waals surface area contributed by atoms with E-state index in [4.69, 9.17) is 5.73 Å². The summed E-state index contributed by atoms with van der Waals surface area (Å²) in [5.41, 5.74) is 6.81. The summed E-state index contributed by atoms with van der Waals surface area (Å²) in [4.78, 5) is 16.2. The number of benzene rings is 1. The topological polar surface area (TPSA) is 72.9 Å². The number of amides is 1. The Morgan fingerprint density at radius 1 is 1.37 bits per heavy atom. The molecule has 0 radical (unpaired) electrons. The van der Waals surface area contributed by atoms with Crippen molar-refractivity contribution in [2.45, 2.75) is 19.4 Å². The van der Waals surface area contributed by atoms with Crippen molar-refractivity contribution >= 4 is 5.91 Å². The number of nitrogens with zero attached hydrogens (tertiary/aromatic N) is 2. The highest BCUT2D eigenvalue weighted by atomic mass is 16.2. The van der Waals surface area contributed by atoms with Gasteiger partial charge in [-0.15, -0.1) is 0 Å². The normalized spacial score (nSPS) is 11.3. The maximum absolute atomic E-state index is 12.1. The highest BCUT2D eigenvalue weighted by molar-refractivity contribution is 5.93. The van der Waals surface area contributed by atoms with Crippen molar-refractivity contribution in [2.75, 3.05) is 6.54 Å². The second kappa shape index (κ2) is 5.24. The van der Waals surface area contributed by atoms with Crippen LogP contribution in [0.1, 0.15) is 24.3 Å². The molecule has 3 N–H and O–H groups in total. The largest absolute Gasteiger partial charge is 0.349 e. The second-order valence-electron chi connectivity index (χ2n) is 5.16. The Kier molecular flexibility index (Phi) is 3.66. The van der Waals surface area contributed by atoms with Crippen LogP contribution in [-0.4, -0.2) is 27.5 Å². The first-order valence-electron chi connectivity index (χ1n) is 6.12. The van der Waals surface area contributed by atoms with E-state index in [2.05, 4.69) is 10.3 Å². The molecule has 2 rings (SSSR count). The third-order valence-corrected chi connectivity index (χ3v) is 2.61. The van der Waals surface area contributed by atoms with Crippen LogP contribution in [0.2, 0.25) is 0 Å². The van der Waals surface area contributed by atoms with Gasteiger partial charge >= 0.3 is 0 Å². The lowest BCUT2D eigenvalue weighted by molar-refractivity contribution is 0.0939. The van der Waals surface area contributed by atoms with Crippen molar-refractivity contribution in [3.8, 4) is 5.69 Å². The van der Waals surface area contributed by atoms with E-state index in [0.717, 1.165) is 5.69 Å². The fraction of sp³-hybridized carbons (Fsp3) is 0.286. The first-order valence-corrected chi connectivity index (χ1v) is 6.12. The second-order valence-corrected chi connectivity index (χ2v) is 5.16. The number of nitrogens with one attached hydrogen (secondary N) is 1. The molecular weight excluding hydrogens is 240 g/mol. The summed E-state index contributed by atoms with van der Waals surface area (Å²) in [6.07, 6.45) is 3.17. The Balaban J connectivity index is 2.18. The van der Waals surface area contributed by atoms with Crippen molar-refractivity contribution in [1.29, 1.82) is 0 Å². The molecule has 0 spiro atoms. The lowest BCUT2D eigenvalue weighted by atomic mass is 10.1. The molecule has 19 heavy (non-hydrogen) atoms. The van der Waals surface area contributed by atoms with Gasteiger partial charge < -0.3 is 11.1 Å². The van der Waals surface area contributed by atoms with Crippen LogP contribution in [0.3, 0.4) is 0 Å². The van der Waals surface area contributed by atoms with Crippen molar-refractivity contribution < 1.29 is 4.79 Å². The van der Waals surface area contributed by atoms with Crippen molar-refractivity contribution in [3.63, 3.8) is 0 Å². The number of rotatable bonds is 4. The summed E-state index contributed by atoms with van der Waals surface area (Å²) in [6.45, 7) is 4.13. The summed E-state index contributed by atoms with van der Waals surface area (Å²) in [7, 11) is 0. The smallest absolute Gasteiger partial charge is 0.269 e. The maximum Gasteiger partial charge on any atom is 0.269 e. The molecule has 1 heterocycles. The summed E-state index contributed by atoms with van der Waals surface area (Å²) in [5.74, 6) is -0.181. The standard InChI is InChI=1S/C14H18N4O/c1-14(2,15)9-17-13(19)12-8-16-10-18(12)11-6-4-3-5-7-11/h3-8,10H,9,15H2,1-2H3,(H,17,19). The molecular formula is C14H18N4O. The van der Waals surface area contributed by atoms with Gasteiger partial charge in [-0.2, -0.15) is 0 Å². The summed E-state index contributed by atoms with van der Waals surface area (Å²) >= 11 is 0. The van der Waals surface area contributed by atoms with Crippen LogP contribution in [0.4, 0.5) is 0 Å². The molecule has 5 nitrogen and oxygen atoms in total. The first-order chi connectivity index (χ1) is 8.97. The maximum atomic E-state index is 12.1. The van der Waals surface area contributed by atoms with Gasteiger partial charge in [0, 0.05) is 17.8 Å². The predicted octanol–water partition coefficient (Wildman–Crippen LogP) is 1.34. The fourth-order valence-electron chi connectivity index (χ4n) is 1.66. The van der Waals surface area contributed by atoms with Crippen molar-refractivity contribution in [3.05, 3.63) is 48.5 Å². The molecule has 0 saturated heterocycles. The molecule has 1 aromatic carbocycles. The Labute approximate surface area is 112 Å². The number of nitrogens with two attached hydrogens (primary N) is 1. The Morgan fingerprint density at radius 2 is 2.05 bits per heavy atom. The van der Waals surface area contributed by atoms with Gasteiger partial charge in [-0.05, 0) is 26.0 Å². The molecule has 0 aliphatic heterocycles. The molecule has 0 fully saturated rings. The van der Waals surface area contributed by atoms with Crippen molar-refractivity contribution in [2.24, 2.45) is 5.73 Å². The van der Waals surface area contributed by atoms with Gasteiger partial charge in [0.15, 0.2) is 0 Å². The molecule has 1 amide bonds. The molecule has 0 unspecified atom stereocenters. The number of imidazole rings is 1. The van der Waals surface area contributed by atoms with Crippen molar-refractivity contribution in [1.82, 2.24) is 14.9 Å². The van der Waals surface area contributed by atoms with E-state index < -0.39 is 5.54 Å². The Hall–Kier alpha value is -2.14. The molecule has 0 bridgehead atoms. The number of carbonyl (C=O) groups excluding carboxylic acids is 1. The zero-order chi connectivity index (χ0) is 13.9. The van der Waals surface area contributed by atoms with Crippen LogP contribution in [-0.2, 0) is 0 Å².